The number of carbonyl (C=O) groups is 1. The SMILES string of the molecule is Cn1cnnc1[C@H]1C[C@H](CNC(=O)c2cn3ccccc3n2)[C@H](O)C1. The van der Waals surface area contributed by atoms with Gasteiger partial charge < -0.3 is 19.4 Å². The number of nitrogens with one attached hydrogen (secondary N) is 1. The lowest BCUT2D eigenvalue weighted by Crippen LogP contribution is -2.32. The van der Waals surface area contributed by atoms with E-state index in [2.05, 4.69) is 20.5 Å². The summed E-state index contributed by atoms with van der Waals surface area (Å²) in [6.45, 7) is 0.419. The topological polar surface area (TPSA) is 97.3 Å². The molecule has 1 amide bonds. The first-order chi connectivity index (χ1) is 12.1. The first-order valence-electron chi connectivity index (χ1n) is 8.35. The van der Waals surface area contributed by atoms with Crippen molar-refractivity contribution >= 4 is 11.6 Å². The van der Waals surface area contributed by atoms with Gasteiger partial charge >= 0.3 is 0 Å². The highest BCUT2D eigenvalue weighted by molar-refractivity contribution is 5.92. The lowest BCUT2D eigenvalue weighted by Gasteiger charge is -2.14. The highest BCUT2D eigenvalue weighted by atomic mass is 16.3. The number of fused-ring (bicyclic) bond motifs is 1. The molecule has 1 aliphatic carbocycles. The molecule has 130 valence electrons. The summed E-state index contributed by atoms with van der Waals surface area (Å²) >= 11 is 0. The van der Waals surface area contributed by atoms with Gasteiger partial charge in [-0.3, -0.25) is 4.79 Å². The molecule has 3 atom stereocenters. The average Bonchev–Trinajstić information content (AvgIpc) is 3.30. The molecule has 1 saturated carbocycles. The zero-order valence-corrected chi connectivity index (χ0v) is 13.9. The molecule has 1 fully saturated rings. The van der Waals surface area contributed by atoms with Gasteiger partial charge in [0.1, 0.15) is 23.5 Å². The third-order valence-electron chi connectivity index (χ3n) is 4.89. The summed E-state index contributed by atoms with van der Waals surface area (Å²) in [5, 5.41) is 21.3. The van der Waals surface area contributed by atoms with Gasteiger partial charge in [-0.05, 0) is 25.0 Å². The van der Waals surface area contributed by atoms with Gasteiger partial charge in [-0.25, -0.2) is 4.98 Å². The number of carbonyl (C=O) groups excluding carboxylic acids is 1. The van der Waals surface area contributed by atoms with E-state index in [-0.39, 0.29) is 17.7 Å². The quantitative estimate of drug-likeness (QED) is 0.730. The predicted molar refractivity (Wildman–Crippen MR) is 90.0 cm³/mol. The second kappa shape index (κ2) is 6.29. The molecule has 3 heterocycles. The Morgan fingerprint density at radius 3 is 3.04 bits per heavy atom. The smallest absolute Gasteiger partial charge is 0.271 e. The predicted octanol–water partition coefficient (Wildman–Crippen LogP) is 0.747. The van der Waals surface area contributed by atoms with Crippen molar-refractivity contribution in [3.8, 4) is 0 Å². The molecule has 0 radical (unpaired) electrons. The van der Waals surface area contributed by atoms with Crippen LogP contribution >= 0.6 is 0 Å². The fourth-order valence-corrected chi connectivity index (χ4v) is 3.55. The number of aryl methyl sites for hydroxylation is 1. The minimum absolute atomic E-state index is 0.00248. The second-order valence-corrected chi connectivity index (χ2v) is 6.60. The Balaban J connectivity index is 1.39. The maximum Gasteiger partial charge on any atom is 0.271 e. The van der Waals surface area contributed by atoms with Crippen LogP contribution in [-0.4, -0.2) is 47.8 Å². The van der Waals surface area contributed by atoms with Gasteiger partial charge in [-0.2, -0.15) is 0 Å². The van der Waals surface area contributed by atoms with Crippen LogP contribution in [0.1, 0.15) is 35.1 Å². The summed E-state index contributed by atoms with van der Waals surface area (Å²) in [4.78, 5) is 16.7. The molecular weight excluding hydrogens is 320 g/mol. The van der Waals surface area contributed by atoms with Crippen molar-refractivity contribution in [1.82, 2.24) is 29.5 Å². The van der Waals surface area contributed by atoms with Crippen molar-refractivity contribution in [1.29, 1.82) is 0 Å². The number of hydrogen-bond acceptors (Lipinski definition) is 5. The molecule has 0 saturated heterocycles. The van der Waals surface area contributed by atoms with E-state index in [1.54, 1.807) is 12.5 Å². The van der Waals surface area contributed by atoms with E-state index >= 15 is 0 Å². The Bertz CT molecular complexity index is 868. The standard InChI is InChI=1S/C17H20N6O2/c1-22-10-19-21-16(22)11-6-12(14(24)7-11)8-18-17(25)13-9-23-5-3-2-4-15(23)20-13/h2-5,9-12,14,24H,6-8H2,1H3,(H,18,25)/t11-,12+,14+/m0/s1. The molecule has 3 aromatic rings. The Morgan fingerprint density at radius 2 is 2.28 bits per heavy atom. The van der Waals surface area contributed by atoms with Crippen LogP contribution in [0.15, 0.2) is 36.9 Å². The van der Waals surface area contributed by atoms with Gasteiger partial charge in [0, 0.05) is 37.8 Å². The van der Waals surface area contributed by atoms with Crippen molar-refractivity contribution in [3.63, 3.8) is 0 Å². The van der Waals surface area contributed by atoms with E-state index in [1.807, 2.05) is 40.4 Å². The Hall–Kier alpha value is -2.74. The molecule has 0 aliphatic heterocycles. The van der Waals surface area contributed by atoms with E-state index in [1.165, 1.54) is 0 Å². The van der Waals surface area contributed by atoms with Crippen LogP contribution in [0.25, 0.3) is 5.65 Å². The molecule has 8 nitrogen and oxygen atoms in total. The molecule has 0 unspecified atom stereocenters. The first kappa shape index (κ1) is 15.8. The van der Waals surface area contributed by atoms with Crippen LogP contribution < -0.4 is 5.32 Å². The summed E-state index contributed by atoms with van der Waals surface area (Å²) in [5.74, 6) is 0.827. The normalized spacial score (nSPS) is 23.2. The Labute approximate surface area is 144 Å². The molecule has 0 spiro atoms. The van der Waals surface area contributed by atoms with Crippen molar-refractivity contribution in [2.45, 2.75) is 24.9 Å². The van der Waals surface area contributed by atoms with Gasteiger partial charge in [0.05, 0.1) is 6.10 Å². The molecule has 8 heteroatoms. The Morgan fingerprint density at radius 1 is 1.40 bits per heavy atom. The van der Waals surface area contributed by atoms with Crippen LogP contribution in [0, 0.1) is 5.92 Å². The number of nitrogens with zero attached hydrogens (tertiary/aromatic N) is 5. The van der Waals surface area contributed by atoms with E-state index in [9.17, 15) is 9.90 Å². The van der Waals surface area contributed by atoms with Gasteiger partial charge in [-0.15, -0.1) is 10.2 Å². The van der Waals surface area contributed by atoms with Crippen molar-refractivity contribution in [3.05, 3.63) is 48.4 Å². The van der Waals surface area contributed by atoms with Gasteiger partial charge in [0.25, 0.3) is 5.91 Å². The van der Waals surface area contributed by atoms with E-state index < -0.39 is 6.10 Å². The van der Waals surface area contributed by atoms with Crippen molar-refractivity contribution in [2.75, 3.05) is 6.54 Å². The molecule has 2 N–H and O–H groups in total. The number of rotatable bonds is 4. The molecule has 0 aromatic carbocycles. The molecule has 25 heavy (non-hydrogen) atoms. The highest BCUT2D eigenvalue weighted by Crippen LogP contribution is 2.37. The number of aliphatic hydroxyl groups is 1. The van der Waals surface area contributed by atoms with Gasteiger partial charge in [-0.1, -0.05) is 6.07 Å². The molecule has 3 aromatic heterocycles. The average molecular weight is 340 g/mol. The van der Waals surface area contributed by atoms with Gasteiger partial charge in [0.15, 0.2) is 0 Å². The minimum Gasteiger partial charge on any atom is -0.393 e. The van der Waals surface area contributed by atoms with Crippen LogP contribution in [0.2, 0.25) is 0 Å². The molecule has 0 bridgehead atoms. The fourth-order valence-electron chi connectivity index (χ4n) is 3.55. The molecule has 4 rings (SSSR count). The zero-order valence-electron chi connectivity index (χ0n) is 13.9. The summed E-state index contributed by atoms with van der Waals surface area (Å²) in [6, 6.07) is 5.62. The number of imidazole rings is 1. The van der Waals surface area contributed by atoms with E-state index in [0.717, 1.165) is 17.9 Å². The number of hydrogen-bond donors (Lipinski definition) is 2. The Kier molecular flexibility index (Phi) is 3.96. The molecule has 1 aliphatic rings. The van der Waals surface area contributed by atoms with Crippen LogP contribution in [0.4, 0.5) is 0 Å². The third-order valence-corrected chi connectivity index (χ3v) is 4.89. The van der Waals surface area contributed by atoms with Crippen LogP contribution in [0.5, 0.6) is 0 Å². The fraction of sp³-hybridized carbons (Fsp3) is 0.412. The van der Waals surface area contributed by atoms with Gasteiger partial charge in [0.2, 0.25) is 0 Å². The van der Waals surface area contributed by atoms with Crippen LogP contribution in [-0.2, 0) is 7.05 Å². The summed E-state index contributed by atoms with van der Waals surface area (Å²) in [6.07, 6.45) is 6.19. The largest absolute Gasteiger partial charge is 0.393 e. The number of aromatic nitrogens is 5. The molecular formula is C17H20N6O2. The van der Waals surface area contributed by atoms with Crippen LogP contribution in [0.3, 0.4) is 0 Å². The maximum atomic E-state index is 12.3. The highest BCUT2D eigenvalue weighted by Gasteiger charge is 2.36. The number of pyridine rings is 1. The van der Waals surface area contributed by atoms with E-state index in [0.29, 0.717) is 18.7 Å². The number of amides is 1. The second-order valence-electron chi connectivity index (χ2n) is 6.60. The number of aliphatic hydroxyl groups excluding tert-OH is 1. The van der Waals surface area contributed by atoms with E-state index in [4.69, 9.17) is 0 Å². The summed E-state index contributed by atoms with van der Waals surface area (Å²) in [5.41, 5.74) is 1.11. The third kappa shape index (κ3) is 3.00. The lowest BCUT2D eigenvalue weighted by atomic mass is 10.0. The lowest BCUT2D eigenvalue weighted by molar-refractivity contribution is 0.0912. The zero-order chi connectivity index (χ0) is 17.4. The van der Waals surface area contributed by atoms with Crippen molar-refractivity contribution < 1.29 is 9.90 Å². The maximum absolute atomic E-state index is 12.3. The summed E-state index contributed by atoms with van der Waals surface area (Å²) < 4.78 is 3.69. The first-order valence-corrected chi connectivity index (χ1v) is 8.35. The van der Waals surface area contributed by atoms with Crippen molar-refractivity contribution in [2.24, 2.45) is 13.0 Å². The summed E-state index contributed by atoms with van der Waals surface area (Å²) in [7, 11) is 1.90. The minimum atomic E-state index is -0.455. The monoisotopic (exact) mass is 340 g/mol.